The maximum atomic E-state index is 5.44. The minimum absolute atomic E-state index is 0.243. The van der Waals surface area contributed by atoms with Crippen molar-refractivity contribution in [3.8, 4) is 0 Å². The van der Waals surface area contributed by atoms with E-state index < -0.39 is 0 Å². The predicted molar refractivity (Wildman–Crippen MR) is 70.2 cm³/mol. The summed E-state index contributed by atoms with van der Waals surface area (Å²) in [5.41, 5.74) is 2.61. The highest BCUT2D eigenvalue weighted by molar-refractivity contribution is 5.79. The Morgan fingerprint density at radius 3 is 2.12 bits per heavy atom. The summed E-state index contributed by atoms with van der Waals surface area (Å²) < 4.78 is 0. The van der Waals surface area contributed by atoms with E-state index in [9.17, 15) is 0 Å². The molecule has 0 saturated carbocycles. The summed E-state index contributed by atoms with van der Waals surface area (Å²) >= 11 is 0. The smallest absolute Gasteiger partial charge is 0.206 e. The number of nitrogens with two attached hydrogens (primary N) is 1. The summed E-state index contributed by atoms with van der Waals surface area (Å²) in [5.74, 6) is 6.59. The lowest BCUT2D eigenvalue weighted by molar-refractivity contribution is 0.331. The van der Waals surface area contributed by atoms with Crippen molar-refractivity contribution in [1.29, 1.82) is 0 Å². The highest BCUT2D eigenvalue weighted by Gasteiger charge is 2.14. The van der Waals surface area contributed by atoms with E-state index >= 15 is 0 Å². The fourth-order valence-electron chi connectivity index (χ4n) is 1.33. The third-order valence-electron chi connectivity index (χ3n) is 2.18. The number of hydrogen-bond acceptors (Lipinski definition) is 3. The topological polar surface area (TPSA) is 65.7 Å². The van der Waals surface area contributed by atoms with Crippen molar-refractivity contribution in [3.63, 3.8) is 0 Å². The second kappa shape index (κ2) is 7.46. The van der Waals surface area contributed by atoms with Crippen molar-refractivity contribution in [2.24, 2.45) is 16.8 Å². The maximum absolute atomic E-state index is 5.44. The normalized spacial score (nSPS) is 14.8. The molecule has 0 amide bonds. The van der Waals surface area contributed by atoms with Crippen LogP contribution in [0.3, 0.4) is 0 Å². The Balaban J connectivity index is 4.58. The van der Waals surface area contributed by atoms with E-state index in [0.29, 0.717) is 17.9 Å². The number of likely N-dealkylation sites (N-methyl/N-ethyl adjacent to an activating group) is 1. The second-order valence-electron chi connectivity index (χ2n) is 4.99. The number of hydrazine groups is 1. The van der Waals surface area contributed by atoms with Gasteiger partial charge in [-0.1, -0.05) is 13.8 Å². The lowest BCUT2D eigenvalue weighted by Gasteiger charge is -2.23. The molecule has 0 aliphatic rings. The zero-order valence-corrected chi connectivity index (χ0v) is 11.4. The van der Waals surface area contributed by atoms with Crippen molar-refractivity contribution < 1.29 is 0 Å². The first-order chi connectivity index (χ1) is 7.36. The van der Waals surface area contributed by atoms with Crippen molar-refractivity contribution >= 4 is 5.96 Å². The van der Waals surface area contributed by atoms with Crippen molar-refractivity contribution in [2.75, 3.05) is 20.6 Å². The molecule has 0 aliphatic carbocycles. The van der Waals surface area contributed by atoms with E-state index in [1.54, 1.807) is 0 Å². The third-order valence-corrected chi connectivity index (χ3v) is 2.18. The van der Waals surface area contributed by atoms with Gasteiger partial charge in [-0.15, -0.1) is 0 Å². The molecule has 0 fully saturated rings. The molecule has 0 aliphatic heterocycles. The number of nitrogens with zero attached hydrogens (tertiary/aromatic N) is 2. The number of aliphatic imine (C=N–C) groups is 1. The molecule has 96 valence electrons. The molecule has 0 heterocycles. The summed E-state index contributed by atoms with van der Waals surface area (Å²) in [5, 5.41) is 3.18. The minimum Gasteiger partial charge on any atom is -0.353 e. The second-order valence-corrected chi connectivity index (χ2v) is 4.99. The fourth-order valence-corrected chi connectivity index (χ4v) is 1.33. The average molecular weight is 229 g/mol. The van der Waals surface area contributed by atoms with E-state index in [0.717, 1.165) is 6.54 Å². The van der Waals surface area contributed by atoms with E-state index in [1.165, 1.54) is 0 Å². The molecule has 5 nitrogen and oxygen atoms in total. The first-order valence-corrected chi connectivity index (χ1v) is 5.82. The Bertz CT molecular complexity index is 210. The quantitative estimate of drug-likeness (QED) is 0.276. The van der Waals surface area contributed by atoms with Gasteiger partial charge in [0.05, 0.1) is 6.04 Å². The Hall–Kier alpha value is -0.810. The molecule has 1 atom stereocenters. The summed E-state index contributed by atoms with van der Waals surface area (Å²) in [6.07, 6.45) is 0. The molecule has 1 unspecified atom stereocenters. The van der Waals surface area contributed by atoms with E-state index in [-0.39, 0.29) is 6.04 Å². The third kappa shape index (κ3) is 6.63. The predicted octanol–water partition coefficient (Wildman–Crippen LogP) is 0.390. The minimum atomic E-state index is 0.243. The van der Waals surface area contributed by atoms with Crippen molar-refractivity contribution in [3.05, 3.63) is 0 Å². The van der Waals surface area contributed by atoms with Gasteiger partial charge in [-0.25, -0.2) is 10.8 Å². The fraction of sp³-hybridized carbons (Fsp3) is 0.909. The van der Waals surface area contributed by atoms with E-state index in [2.05, 4.69) is 62.4 Å². The van der Waals surface area contributed by atoms with Crippen LogP contribution in [0, 0.1) is 5.92 Å². The average Bonchev–Trinajstić information content (AvgIpc) is 2.13. The van der Waals surface area contributed by atoms with Gasteiger partial charge >= 0.3 is 0 Å². The molecular weight excluding hydrogens is 202 g/mol. The number of rotatable bonds is 5. The van der Waals surface area contributed by atoms with Crippen molar-refractivity contribution in [2.45, 2.75) is 39.8 Å². The monoisotopic (exact) mass is 229 g/mol. The summed E-state index contributed by atoms with van der Waals surface area (Å²) in [6.45, 7) is 9.37. The zero-order valence-electron chi connectivity index (χ0n) is 11.4. The first-order valence-electron chi connectivity index (χ1n) is 5.82. The van der Waals surface area contributed by atoms with Gasteiger partial charge < -0.3 is 10.2 Å². The van der Waals surface area contributed by atoms with Crippen LogP contribution in [0.5, 0.6) is 0 Å². The van der Waals surface area contributed by atoms with Gasteiger partial charge in [0, 0.05) is 12.6 Å². The molecule has 0 aromatic rings. The summed E-state index contributed by atoms with van der Waals surface area (Å²) in [7, 11) is 4.10. The van der Waals surface area contributed by atoms with E-state index in [1.807, 2.05) is 0 Å². The van der Waals surface area contributed by atoms with Crippen LogP contribution in [-0.4, -0.2) is 43.6 Å². The number of hydrogen-bond donors (Lipinski definition) is 3. The molecule has 0 spiro atoms. The SMILES string of the molecule is CC(C)NC(=NC(CN(C)C)C(C)C)NN. The van der Waals surface area contributed by atoms with Gasteiger partial charge in [0.1, 0.15) is 0 Å². The van der Waals surface area contributed by atoms with Crippen LogP contribution < -0.4 is 16.6 Å². The number of guanidine groups is 1. The Labute approximate surface area is 99.5 Å². The molecule has 5 heteroatoms. The van der Waals surface area contributed by atoms with Gasteiger partial charge in [-0.05, 0) is 33.9 Å². The maximum Gasteiger partial charge on any atom is 0.206 e. The van der Waals surface area contributed by atoms with Crippen LogP contribution >= 0.6 is 0 Å². The van der Waals surface area contributed by atoms with Crippen LogP contribution in [-0.2, 0) is 0 Å². The van der Waals surface area contributed by atoms with Crippen LogP contribution in [0.2, 0.25) is 0 Å². The molecule has 0 saturated heterocycles. The molecule has 0 aromatic carbocycles. The number of nitrogens with one attached hydrogen (secondary N) is 2. The lowest BCUT2D eigenvalue weighted by atomic mass is 10.1. The van der Waals surface area contributed by atoms with Gasteiger partial charge in [0.25, 0.3) is 0 Å². The molecule has 0 radical (unpaired) electrons. The van der Waals surface area contributed by atoms with Gasteiger partial charge in [0.15, 0.2) is 0 Å². The molecule has 0 rings (SSSR count). The Morgan fingerprint density at radius 2 is 1.81 bits per heavy atom. The molecule has 16 heavy (non-hydrogen) atoms. The van der Waals surface area contributed by atoms with E-state index in [4.69, 9.17) is 5.84 Å². The van der Waals surface area contributed by atoms with Crippen LogP contribution in [0.25, 0.3) is 0 Å². The van der Waals surface area contributed by atoms with Gasteiger partial charge in [-0.3, -0.25) is 5.43 Å². The highest BCUT2D eigenvalue weighted by Crippen LogP contribution is 2.07. The summed E-state index contributed by atoms with van der Waals surface area (Å²) in [4.78, 5) is 6.74. The summed E-state index contributed by atoms with van der Waals surface area (Å²) in [6, 6.07) is 0.564. The molecule has 0 bridgehead atoms. The first kappa shape index (κ1) is 15.2. The lowest BCUT2D eigenvalue weighted by Crippen LogP contribution is -2.46. The molecule has 4 N–H and O–H groups in total. The largest absolute Gasteiger partial charge is 0.353 e. The van der Waals surface area contributed by atoms with Gasteiger partial charge in [-0.2, -0.15) is 0 Å². The molecule has 0 aromatic heterocycles. The Kier molecular flexibility index (Phi) is 7.08. The van der Waals surface area contributed by atoms with Crippen LogP contribution in [0.4, 0.5) is 0 Å². The van der Waals surface area contributed by atoms with Crippen LogP contribution in [0.1, 0.15) is 27.7 Å². The van der Waals surface area contributed by atoms with Crippen molar-refractivity contribution in [1.82, 2.24) is 15.6 Å². The zero-order chi connectivity index (χ0) is 12.7. The van der Waals surface area contributed by atoms with Gasteiger partial charge in [0.2, 0.25) is 5.96 Å². The standard InChI is InChI=1S/C11H27N5/c1-8(2)10(7-16(5)6)14-11(15-12)13-9(3)4/h8-10H,7,12H2,1-6H3,(H2,13,14,15). The Morgan fingerprint density at radius 1 is 1.25 bits per heavy atom. The highest BCUT2D eigenvalue weighted by atomic mass is 15.3. The van der Waals surface area contributed by atoms with Crippen LogP contribution in [0.15, 0.2) is 4.99 Å². The molecular formula is C11H27N5.